The van der Waals surface area contributed by atoms with Gasteiger partial charge in [-0.25, -0.2) is 9.98 Å². The lowest BCUT2D eigenvalue weighted by Gasteiger charge is -2.18. The smallest absolute Gasteiger partial charge is 0.192 e. The van der Waals surface area contributed by atoms with Crippen LogP contribution < -0.4 is 10.6 Å². The molecule has 0 bridgehead atoms. The molecule has 1 heterocycles. The Balaban J connectivity index is 0.00000243. The third-order valence-electron chi connectivity index (χ3n) is 4.26. The maximum atomic E-state index is 4.72. The molecule has 3 rings (SSSR count). The van der Waals surface area contributed by atoms with Crippen molar-refractivity contribution >= 4 is 41.0 Å². The summed E-state index contributed by atoms with van der Waals surface area (Å²) in [5, 5.41) is 6.77. The Bertz CT molecular complexity index is 857. The van der Waals surface area contributed by atoms with E-state index in [4.69, 9.17) is 4.99 Å². The summed E-state index contributed by atoms with van der Waals surface area (Å²) in [5.41, 5.74) is 3.37. The maximum absolute atomic E-state index is 4.72. The highest BCUT2D eigenvalue weighted by Gasteiger charge is 2.09. The molecule has 0 fully saturated rings. The van der Waals surface area contributed by atoms with Crippen LogP contribution in [-0.2, 0) is 13.6 Å². The first kappa shape index (κ1) is 20.2. The molecule has 2 aromatic carbocycles. The van der Waals surface area contributed by atoms with E-state index < -0.39 is 0 Å². The molecule has 0 aliphatic rings. The summed E-state index contributed by atoms with van der Waals surface area (Å²) in [5.74, 6) is 1.75. The molecular weight excluding hydrogens is 437 g/mol. The number of para-hydroxylation sites is 2. The van der Waals surface area contributed by atoms with E-state index in [1.165, 1.54) is 5.56 Å². The van der Waals surface area contributed by atoms with Crippen LogP contribution in [0.1, 0.15) is 31.3 Å². The zero-order chi connectivity index (χ0) is 17.6. The predicted octanol–water partition coefficient (Wildman–Crippen LogP) is 4.01. The Morgan fingerprint density at radius 1 is 1.12 bits per heavy atom. The van der Waals surface area contributed by atoms with Crippen molar-refractivity contribution in [3.63, 3.8) is 0 Å². The minimum Gasteiger partial charge on any atom is -0.357 e. The average Bonchev–Trinajstić information content (AvgIpc) is 2.97. The van der Waals surface area contributed by atoms with Gasteiger partial charge >= 0.3 is 0 Å². The molecule has 1 aromatic heterocycles. The van der Waals surface area contributed by atoms with Crippen LogP contribution in [0, 0.1) is 0 Å². The van der Waals surface area contributed by atoms with Gasteiger partial charge in [-0.3, -0.25) is 0 Å². The minimum atomic E-state index is 0. The number of benzene rings is 2. The third kappa shape index (κ3) is 4.75. The van der Waals surface area contributed by atoms with E-state index in [2.05, 4.69) is 64.4 Å². The molecule has 0 aliphatic carbocycles. The molecule has 138 valence electrons. The number of aryl methyl sites for hydroxylation is 1. The van der Waals surface area contributed by atoms with Crippen molar-refractivity contribution in [3.05, 3.63) is 66.0 Å². The fourth-order valence-electron chi connectivity index (χ4n) is 2.84. The van der Waals surface area contributed by atoms with Gasteiger partial charge in [-0.15, -0.1) is 24.0 Å². The molecule has 0 spiro atoms. The van der Waals surface area contributed by atoms with E-state index in [9.17, 15) is 0 Å². The molecule has 0 saturated carbocycles. The second kappa shape index (κ2) is 9.56. The summed E-state index contributed by atoms with van der Waals surface area (Å²) in [6.07, 6.45) is 0. The number of aliphatic imine (C=N–C) groups is 1. The van der Waals surface area contributed by atoms with E-state index in [0.29, 0.717) is 6.54 Å². The van der Waals surface area contributed by atoms with Gasteiger partial charge in [0.2, 0.25) is 0 Å². The summed E-state index contributed by atoms with van der Waals surface area (Å²) >= 11 is 0. The number of imidazole rings is 1. The van der Waals surface area contributed by atoms with Crippen LogP contribution in [0.3, 0.4) is 0 Å². The quantitative estimate of drug-likeness (QED) is 0.342. The van der Waals surface area contributed by atoms with Gasteiger partial charge in [-0.05, 0) is 31.5 Å². The largest absolute Gasteiger partial charge is 0.357 e. The van der Waals surface area contributed by atoms with E-state index >= 15 is 0 Å². The Kier molecular flexibility index (Phi) is 7.44. The number of nitrogens with one attached hydrogen (secondary N) is 2. The highest BCUT2D eigenvalue weighted by molar-refractivity contribution is 14.0. The second-order valence-corrected chi connectivity index (χ2v) is 6.05. The Labute approximate surface area is 172 Å². The molecule has 26 heavy (non-hydrogen) atoms. The highest BCUT2D eigenvalue weighted by Crippen LogP contribution is 2.15. The summed E-state index contributed by atoms with van der Waals surface area (Å²) in [4.78, 5) is 9.40. The Hall–Kier alpha value is -2.09. The number of aromatic nitrogens is 2. The van der Waals surface area contributed by atoms with Gasteiger partial charge in [-0.1, -0.05) is 42.5 Å². The van der Waals surface area contributed by atoms with Crippen molar-refractivity contribution in [2.45, 2.75) is 26.4 Å². The SMILES string of the molecule is CCNC(=NCc1nc2ccccc2n1C)NC(C)c1ccccc1.I. The van der Waals surface area contributed by atoms with Crippen molar-refractivity contribution in [1.82, 2.24) is 20.2 Å². The number of guanidine groups is 1. The van der Waals surface area contributed by atoms with E-state index in [-0.39, 0.29) is 30.0 Å². The Morgan fingerprint density at radius 2 is 1.81 bits per heavy atom. The van der Waals surface area contributed by atoms with Gasteiger partial charge in [0.25, 0.3) is 0 Å². The number of hydrogen-bond donors (Lipinski definition) is 2. The van der Waals surface area contributed by atoms with Crippen LogP contribution in [0.15, 0.2) is 59.6 Å². The second-order valence-electron chi connectivity index (χ2n) is 6.05. The minimum absolute atomic E-state index is 0. The van der Waals surface area contributed by atoms with Gasteiger partial charge in [0, 0.05) is 13.6 Å². The number of nitrogens with zero attached hydrogens (tertiary/aromatic N) is 3. The number of halogens is 1. The van der Waals surface area contributed by atoms with E-state index in [1.54, 1.807) is 0 Å². The zero-order valence-electron chi connectivity index (χ0n) is 15.4. The van der Waals surface area contributed by atoms with Crippen LogP contribution in [0.5, 0.6) is 0 Å². The van der Waals surface area contributed by atoms with Crippen molar-refractivity contribution in [3.8, 4) is 0 Å². The van der Waals surface area contributed by atoms with Crippen molar-refractivity contribution < 1.29 is 0 Å². The van der Waals surface area contributed by atoms with Crippen LogP contribution in [0.2, 0.25) is 0 Å². The van der Waals surface area contributed by atoms with E-state index in [0.717, 1.165) is 29.4 Å². The van der Waals surface area contributed by atoms with Crippen LogP contribution in [0.4, 0.5) is 0 Å². The Morgan fingerprint density at radius 3 is 2.50 bits per heavy atom. The topological polar surface area (TPSA) is 54.2 Å². The fraction of sp³-hybridized carbons (Fsp3) is 0.300. The molecule has 3 aromatic rings. The molecule has 6 heteroatoms. The summed E-state index contributed by atoms with van der Waals surface area (Å²) in [6.45, 7) is 5.55. The van der Waals surface area contributed by atoms with Crippen molar-refractivity contribution in [2.75, 3.05) is 6.54 Å². The molecule has 5 nitrogen and oxygen atoms in total. The maximum Gasteiger partial charge on any atom is 0.192 e. The normalized spacial score (nSPS) is 12.5. The van der Waals surface area contributed by atoms with Gasteiger partial charge < -0.3 is 15.2 Å². The first-order chi connectivity index (χ1) is 12.2. The van der Waals surface area contributed by atoms with Crippen molar-refractivity contribution in [2.24, 2.45) is 12.0 Å². The monoisotopic (exact) mass is 463 g/mol. The van der Waals surface area contributed by atoms with Crippen LogP contribution in [0.25, 0.3) is 11.0 Å². The van der Waals surface area contributed by atoms with Gasteiger partial charge in [0.05, 0.1) is 17.1 Å². The third-order valence-corrected chi connectivity index (χ3v) is 4.26. The summed E-state index contributed by atoms with van der Waals surface area (Å²) in [6, 6.07) is 18.7. The molecule has 0 amide bonds. The number of rotatable bonds is 5. The molecule has 0 radical (unpaired) electrons. The zero-order valence-corrected chi connectivity index (χ0v) is 17.8. The standard InChI is InChI=1S/C20H25N5.HI/c1-4-21-20(23-15(2)16-10-6-5-7-11-16)22-14-19-24-17-12-8-9-13-18(17)25(19)3;/h5-13,15H,4,14H2,1-3H3,(H2,21,22,23);1H. The van der Waals surface area contributed by atoms with Gasteiger partial charge in [-0.2, -0.15) is 0 Å². The lowest BCUT2D eigenvalue weighted by molar-refractivity contribution is 0.682. The van der Waals surface area contributed by atoms with Gasteiger partial charge in [0.15, 0.2) is 5.96 Å². The van der Waals surface area contributed by atoms with Crippen molar-refractivity contribution in [1.29, 1.82) is 0 Å². The lowest BCUT2D eigenvalue weighted by Crippen LogP contribution is -2.38. The number of hydrogen-bond acceptors (Lipinski definition) is 2. The summed E-state index contributed by atoms with van der Waals surface area (Å²) in [7, 11) is 2.03. The molecule has 0 saturated heterocycles. The molecule has 2 N–H and O–H groups in total. The number of fused-ring (bicyclic) bond motifs is 1. The van der Waals surface area contributed by atoms with Crippen LogP contribution >= 0.6 is 24.0 Å². The highest BCUT2D eigenvalue weighted by atomic mass is 127. The summed E-state index contributed by atoms with van der Waals surface area (Å²) < 4.78 is 2.10. The fourth-order valence-corrected chi connectivity index (χ4v) is 2.84. The lowest BCUT2D eigenvalue weighted by atomic mass is 10.1. The van der Waals surface area contributed by atoms with E-state index in [1.807, 2.05) is 31.3 Å². The first-order valence-corrected chi connectivity index (χ1v) is 8.69. The molecule has 1 atom stereocenters. The molecular formula is C20H26IN5. The molecule has 1 unspecified atom stereocenters. The molecule has 0 aliphatic heterocycles. The first-order valence-electron chi connectivity index (χ1n) is 8.69. The van der Waals surface area contributed by atoms with Gasteiger partial charge in [0.1, 0.15) is 12.4 Å². The average molecular weight is 463 g/mol. The van der Waals surface area contributed by atoms with Crippen LogP contribution in [-0.4, -0.2) is 22.1 Å². The predicted molar refractivity (Wildman–Crippen MR) is 119 cm³/mol.